The van der Waals surface area contributed by atoms with Crippen molar-refractivity contribution in [2.24, 2.45) is 0 Å². The molecule has 0 aliphatic carbocycles. The molecule has 4 heteroatoms. The maximum Gasteiger partial charge on any atom is 0.123 e. The van der Waals surface area contributed by atoms with E-state index >= 15 is 0 Å². The van der Waals surface area contributed by atoms with Crippen molar-refractivity contribution >= 4 is 23.2 Å². The second kappa shape index (κ2) is 6.27. The van der Waals surface area contributed by atoms with Crippen LogP contribution in [-0.2, 0) is 6.42 Å². The van der Waals surface area contributed by atoms with E-state index in [1.165, 1.54) is 12.1 Å². The fourth-order valence-electron chi connectivity index (χ4n) is 1.83. The van der Waals surface area contributed by atoms with Gasteiger partial charge in [-0.1, -0.05) is 29.8 Å². The van der Waals surface area contributed by atoms with Crippen LogP contribution < -0.4 is 4.74 Å². The molecule has 0 radical (unpaired) electrons. The molecule has 0 saturated carbocycles. The normalized spacial score (nSPS) is 12.2. The molecule has 2 rings (SSSR count). The zero-order chi connectivity index (χ0) is 13.8. The first-order chi connectivity index (χ1) is 9.10. The SMILES string of the molecule is COc1ccc(C(Cl)Cc2ccc(F)cc2)c(Cl)c1. The number of benzene rings is 2. The predicted octanol–water partition coefficient (Wildman–Crippen LogP) is 5.01. The van der Waals surface area contributed by atoms with Crippen LogP contribution in [0, 0.1) is 5.82 Å². The Morgan fingerprint density at radius 3 is 2.42 bits per heavy atom. The van der Waals surface area contributed by atoms with Gasteiger partial charge >= 0.3 is 0 Å². The number of hydrogen-bond acceptors (Lipinski definition) is 1. The Kier molecular flexibility index (Phi) is 4.67. The van der Waals surface area contributed by atoms with Gasteiger partial charge in [0.25, 0.3) is 0 Å². The molecule has 0 saturated heterocycles. The molecule has 1 unspecified atom stereocenters. The number of halogens is 3. The van der Waals surface area contributed by atoms with Gasteiger partial charge in [0.15, 0.2) is 0 Å². The van der Waals surface area contributed by atoms with Crippen molar-refractivity contribution in [3.63, 3.8) is 0 Å². The summed E-state index contributed by atoms with van der Waals surface area (Å²) in [5, 5.41) is 0.310. The number of rotatable bonds is 4. The highest BCUT2D eigenvalue weighted by molar-refractivity contribution is 6.33. The summed E-state index contributed by atoms with van der Waals surface area (Å²) in [4.78, 5) is 0. The van der Waals surface area contributed by atoms with Crippen LogP contribution >= 0.6 is 23.2 Å². The third kappa shape index (κ3) is 3.62. The lowest BCUT2D eigenvalue weighted by Gasteiger charge is -2.13. The average Bonchev–Trinajstić information content (AvgIpc) is 2.41. The summed E-state index contributed by atoms with van der Waals surface area (Å²) in [6.07, 6.45) is 0.591. The van der Waals surface area contributed by atoms with E-state index in [2.05, 4.69) is 0 Å². The molecule has 0 aromatic heterocycles. The molecule has 0 N–H and O–H groups in total. The fourth-order valence-corrected chi connectivity index (χ4v) is 2.55. The third-order valence-corrected chi connectivity index (χ3v) is 3.59. The Bertz CT molecular complexity index is 555. The van der Waals surface area contributed by atoms with Gasteiger partial charge in [-0.25, -0.2) is 4.39 Å². The van der Waals surface area contributed by atoms with Crippen molar-refractivity contribution in [2.75, 3.05) is 7.11 Å². The Labute approximate surface area is 121 Å². The molecule has 0 spiro atoms. The van der Waals surface area contributed by atoms with Crippen LogP contribution in [0.15, 0.2) is 42.5 Å². The number of hydrogen-bond donors (Lipinski definition) is 0. The van der Waals surface area contributed by atoms with E-state index in [1.54, 1.807) is 25.3 Å². The standard InChI is InChI=1S/C15H13Cl2FO/c1-19-12-6-7-13(15(17)9-12)14(16)8-10-2-4-11(18)5-3-10/h2-7,9,14H,8H2,1H3. The monoisotopic (exact) mass is 298 g/mol. The number of ether oxygens (including phenoxy) is 1. The van der Waals surface area contributed by atoms with E-state index < -0.39 is 0 Å². The smallest absolute Gasteiger partial charge is 0.123 e. The molecule has 0 heterocycles. The van der Waals surface area contributed by atoms with Gasteiger partial charge in [-0.05, 0) is 41.8 Å². The predicted molar refractivity (Wildman–Crippen MR) is 76.7 cm³/mol. The van der Waals surface area contributed by atoms with Gasteiger partial charge in [-0.2, -0.15) is 0 Å². The zero-order valence-corrected chi connectivity index (χ0v) is 11.9. The van der Waals surface area contributed by atoms with Crippen molar-refractivity contribution < 1.29 is 9.13 Å². The van der Waals surface area contributed by atoms with Crippen molar-refractivity contribution in [2.45, 2.75) is 11.8 Å². The van der Waals surface area contributed by atoms with E-state index in [4.69, 9.17) is 27.9 Å². The lowest BCUT2D eigenvalue weighted by atomic mass is 10.0. The highest BCUT2D eigenvalue weighted by Crippen LogP contribution is 2.33. The summed E-state index contributed by atoms with van der Waals surface area (Å²) in [5.74, 6) is 0.441. The van der Waals surface area contributed by atoms with E-state index in [-0.39, 0.29) is 11.2 Å². The Morgan fingerprint density at radius 2 is 1.84 bits per heavy atom. The second-order valence-electron chi connectivity index (χ2n) is 4.19. The maximum atomic E-state index is 12.8. The van der Waals surface area contributed by atoms with E-state index in [1.807, 2.05) is 12.1 Å². The Balaban J connectivity index is 2.15. The molecule has 1 atom stereocenters. The van der Waals surface area contributed by atoms with Crippen molar-refractivity contribution in [3.8, 4) is 5.75 Å². The van der Waals surface area contributed by atoms with Crippen LogP contribution in [0.3, 0.4) is 0 Å². The Morgan fingerprint density at radius 1 is 1.16 bits per heavy atom. The molecule has 0 bridgehead atoms. The molecule has 19 heavy (non-hydrogen) atoms. The topological polar surface area (TPSA) is 9.23 Å². The second-order valence-corrected chi connectivity index (χ2v) is 5.12. The van der Waals surface area contributed by atoms with E-state index in [0.717, 1.165) is 11.1 Å². The summed E-state index contributed by atoms with van der Waals surface area (Å²) in [6, 6.07) is 11.7. The van der Waals surface area contributed by atoms with Gasteiger partial charge in [0.05, 0.1) is 12.5 Å². The molecular formula is C15H13Cl2FO. The highest BCUT2D eigenvalue weighted by atomic mass is 35.5. The molecule has 0 aliphatic rings. The summed E-state index contributed by atoms with van der Waals surface area (Å²) < 4.78 is 17.9. The van der Waals surface area contributed by atoms with Crippen LogP contribution in [-0.4, -0.2) is 7.11 Å². The molecule has 0 amide bonds. The van der Waals surface area contributed by atoms with Gasteiger partial charge in [0, 0.05) is 5.02 Å². The highest BCUT2D eigenvalue weighted by Gasteiger charge is 2.13. The number of alkyl halides is 1. The summed E-state index contributed by atoms with van der Waals surface area (Å²) in [6.45, 7) is 0. The largest absolute Gasteiger partial charge is 0.497 e. The van der Waals surface area contributed by atoms with Gasteiger partial charge in [0.2, 0.25) is 0 Å². The number of methoxy groups -OCH3 is 1. The maximum absolute atomic E-state index is 12.8. The van der Waals surface area contributed by atoms with Gasteiger partial charge in [-0.3, -0.25) is 0 Å². The van der Waals surface area contributed by atoms with Crippen LogP contribution in [0.25, 0.3) is 0 Å². The lowest BCUT2D eigenvalue weighted by molar-refractivity contribution is 0.414. The van der Waals surface area contributed by atoms with Crippen molar-refractivity contribution in [3.05, 3.63) is 64.4 Å². The quantitative estimate of drug-likeness (QED) is 0.721. The molecule has 100 valence electrons. The van der Waals surface area contributed by atoms with Crippen LogP contribution in [0.4, 0.5) is 4.39 Å². The molecule has 1 nitrogen and oxygen atoms in total. The first kappa shape index (κ1) is 14.2. The molecular weight excluding hydrogens is 286 g/mol. The summed E-state index contributed by atoms with van der Waals surface area (Å²) >= 11 is 12.5. The van der Waals surface area contributed by atoms with Crippen LogP contribution in [0.2, 0.25) is 5.02 Å². The van der Waals surface area contributed by atoms with Gasteiger partial charge in [0.1, 0.15) is 11.6 Å². The lowest BCUT2D eigenvalue weighted by Crippen LogP contribution is -1.97. The van der Waals surface area contributed by atoms with E-state index in [9.17, 15) is 4.39 Å². The van der Waals surface area contributed by atoms with Crippen molar-refractivity contribution in [1.29, 1.82) is 0 Å². The average molecular weight is 299 g/mol. The molecule has 2 aromatic rings. The summed E-state index contributed by atoms with van der Waals surface area (Å²) in [7, 11) is 1.59. The third-order valence-electron chi connectivity index (χ3n) is 2.87. The van der Waals surface area contributed by atoms with E-state index in [0.29, 0.717) is 17.2 Å². The minimum Gasteiger partial charge on any atom is -0.497 e. The first-order valence-electron chi connectivity index (χ1n) is 5.82. The van der Waals surface area contributed by atoms with Gasteiger partial charge in [-0.15, -0.1) is 11.6 Å². The summed E-state index contributed by atoms with van der Waals surface area (Å²) in [5.41, 5.74) is 1.81. The zero-order valence-electron chi connectivity index (χ0n) is 10.4. The molecule has 0 fully saturated rings. The molecule has 2 aromatic carbocycles. The molecule has 0 aliphatic heterocycles. The minimum atomic E-state index is -0.260. The minimum absolute atomic E-state index is 0.252. The van der Waals surface area contributed by atoms with Crippen LogP contribution in [0.5, 0.6) is 5.75 Å². The van der Waals surface area contributed by atoms with Crippen molar-refractivity contribution in [1.82, 2.24) is 0 Å². The first-order valence-corrected chi connectivity index (χ1v) is 6.63. The fraction of sp³-hybridized carbons (Fsp3) is 0.200. The van der Waals surface area contributed by atoms with Gasteiger partial charge < -0.3 is 4.74 Å². The van der Waals surface area contributed by atoms with Crippen LogP contribution in [0.1, 0.15) is 16.5 Å². The Hall–Kier alpha value is -1.25.